The molecule has 0 radical (unpaired) electrons. The smallest absolute Gasteiger partial charge is 0.271 e. The first-order valence-electron chi connectivity index (χ1n) is 11.8. The number of hydrogen-bond acceptors (Lipinski definition) is 6. The molecule has 4 aromatic rings. The Hall–Kier alpha value is -4.31. The number of rotatable bonds is 7. The van der Waals surface area contributed by atoms with Crippen LogP contribution >= 0.6 is 12.2 Å². The molecule has 1 aliphatic rings. The Morgan fingerprint density at radius 1 is 1.11 bits per heavy atom. The number of aromatic nitrogens is 3. The summed E-state index contributed by atoms with van der Waals surface area (Å²) in [5, 5.41) is 15.7. The summed E-state index contributed by atoms with van der Waals surface area (Å²) in [5.41, 5.74) is 5.48. The van der Waals surface area contributed by atoms with E-state index < -0.39 is 4.92 Å². The van der Waals surface area contributed by atoms with Crippen LogP contribution in [0.15, 0.2) is 73.2 Å². The molecule has 4 heterocycles. The third kappa shape index (κ3) is 4.51. The Balaban J connectivity index is 1.66. The second-order valence-corrected chi connectivity index (χ2v) is 9.27. The van der Waals surface area contributed by atoms with E-state index in [0.717, 1.165) is 28.2 Å². The van der Waals surface area contributed by atoms with Gasteiger partial charge in [-0.2, -0.15) is 0 Å². The second-order valence-electron chi connectivity index (χ2n) is 8.89. The van der Waals surface area contributed by atoms with Crippen molar-refractivity contribution in [3.8, 4) is 11.4 Å². The minimum Gasteiger partial charge on any atom is -0.495 e. The predicted molar refractivity (Wildman–Crippen MR) is 144 cm³/mol. The van der Waals surface area contributed by atoms with Crippen LogP contribution in [-0.2, 0) is 6.54 Å². The number of nitrogens with one attached hydrogen (secondary N) is 1. The lowest BCUT2D eigenvalue weighted by Gasteiger charge is -2.28. The fraction of sp³-hybridized carbons (Fsp3) is 0.222. The molecule has 37 heavy (non-hydrogen) atoms. The first-order valence-corrected chi connectivity index (χ1v) is 12.2. The molecule has 0 saturated carbocycles. The first kappa shape index (κ1) is 24.4. The summed E-state index contributed by atoms with van der Waals surface area (Å²) < 4.78 is 7.59. The number of pyridine rings is 2. The molecule has 1 fully saturated rings. The van der Waals surface area contributed by atoms with Gasteiger partial charge in [0, 0.05) is 48.7 Å². The van der Waals surface area contributed by atoms with Crippen LogP contribution in [-0.4, -0.2) is 36.6 Å². The van der Waals surface area contributed by atoms with E-state index in [4.69, 9.17) is 17.0 Å². The Kier molecular flexibility index (Phi) is 6.58. The fourth-order valence-corrected chi connectivity index (χ4v) is 5.33. The highest BCUT2D eigenvalue weighted by molar-refractivity contribution is 7.80. The lowest BCUT2D eigenvalue weighted by Crippen LogP contribution is -2.29. The van der Waals surface area contributed by atoms with E-state index >= 15 is 0 Å². The normalized spacial score (nSPS) is 17.1. The number of aryl methyl sites for hydroxylation is 1. The summed E-state index contributed by atoms with van der Waals surface area (Å²) in [7, 11) is 1.56. The van der Waals surface area contributed by atoms with Crippen molar-refractivity contribution in [2.75, 3.05) is 7.11 Å². The maximum Gasteiger partial charge on any atom is 0.271 e. The van der Waals surface area contributed by atoms with Crippen LogP contribution in [0, 0.1) is 24.0 Å². The number of nitro benzene ring substituents is 1. The van der Waals surface area contributed by atoms with Crippen LogP contribution in [0.2, 0.25) is 0 Å². The third-order valence-corrected chi connectivity index (χ3v) is 7.06. The van der Waals surface area contributed by atoms with Crippen molar-refractivity contribution in [2.24, 2.45) is 0 Å². The number of thiocarbonyl (C=S) groups is 1. The molecule has 188 valence electrons. The highest BCUT2D eigenvalue weighted by Crippen LogP contribution is 2.43. The molecular formula is C27H26N6O3S. The van der Waals surface area contributed by atoms with E-state index in [9.17, 15) is 10.1 Å². The highest BCUT2D eigenvalue weighted by Gasteiger charge is 2.41. The van der Waals surface area contributed by atoms with Crippen LogP contribution in [0.25, 0.3) is 5.69 Å². The number of methoxy groups -OCH3 is 1. The van der Waals surface area contributed by atoms with Crippen molar-refractivity contribution in [1.82, 2.24) is 24.8 Å². The van der Waals surface area contributed by atoms with Crippen LogP contribution in [0.3, 0.4) is 0 Å². The van der Waals surface area contributed by atoms with Crippen molar-refractivity contribution in [3.05, 3.63) is 112 Å². The van der Waals surface area contributed by atoms with Gasteiger partial charge in [0.15, 0.2) is 5.11 Å². The minimum absolute atomic E-state index is 0.000707. The van der Waals surface area contributed by atoms with E-state index in [0.29, 0.717) is 23.1 Å². The summed E-state index contributed by atoms with van der Waals surface area (Å²) in [4.78, 5) is 22.1. The molecular weight excluding hydrogens is 488 g/mol. The standard InChI is InChI=1S/C27H26N6O3S/c1-17-14-21(18(2)32(17)23-15-20(33(34)35)7-8-24(23)36-3)26-25(22-6-4-5-11-29-22)30-27(37)31(26)16-19-9-12-28-13-10-19/h4-15,25-26H,16H2,1-3H3,(H,30,37)/t25-,26+/m1/s1. The third-order valence-electron chi connectivity index (χ3n) is 6.70. The van der Waals surface area contributed by atoms with Crippen molar-refractivity contribution in [3.63, 3.8) is 0 Å². The minimum atomic E-state index is -0.398. The van der Waals surface area contributed by atoms with Crippen molar-refractivity contribution in [1.29, 1.82) is 0 Å². The zero-order valence-corrected chi connectivity index (χ0v) is 21.5. The van der Waals surface area contributed by atoms with Crippen molar-refractivity contribution < 1.29 is 9.66 Å². The number of benzene rings is 1. The lowest BCUT2D eigenvalue weighted by molar-refractivity contribution is -0.384. The summed E-state index contributed by atoms with van der Waals surface area (Å²) in [5.74, 6) is 0.550. The molecule has 1 N–H and O–H groups in total. The van der Waals surface area contributed by atoms with Gasteiger partial charge in [-0.15, -0.1) is 0 Å². The van der Waals surface area contributed by atoms with Gasteiger partial charge < -0.3 is 19.5 Å². The van der Waals surface area contributed by atoms with Gasteiger partial charge in [-0.05, 0) is 73.6 Å². The van der Waals surface area contributed by atoms with Gasteiger partial charge in [0.05, 0.1) is 35.5 Å². The molecule has 3 aromatic heterocycles. The van der Waals surface area contributed by atoms with Crippen molar-refractivity contribution >= 4 is 23.0 Å². The van der Waals surface area contributed by atoms with Gasteiger partial charge in [-0.25, -0.2) is 0 Å². The van der Waals surface area contributed by atoms with Gasteiger partial charge >= 0.3 is 0 Å². The maximum atomic E-state index is 11.5. The fourth-order valence-electron chi connectivity index (χ4n) is 5.02. The van der Waals surface area contributed by atoms with Crippen LogP contribution < -0.4 is 10.1 Å². The molecule has 1 saturated heterocycles. The van der Waals surface area contributed by atoms with E-state index in [1.165, 1.54) is 6.07 Å². The number of nitrogens with zero attached hydrogens (tertiary/aromatic N) is 5. The molecule has 1 aliphatic heterocycles. The molecule has 0 spiro atoms. The van der Waals surface area contributed by atoms with E-state index in [2.05, 4.69) is 26.3 Å². The van der Waals surface area contributed by atoms with E-state index in [1.807, 2.05) is 48.7 Å². The Labute approximate surface area is 219 Å². The monoisotopic (exact) mass is 514 g/mol. The van der Waals surface area contributed by atoms with Gasteiger partial charge in [-0.3, -0.25) is 20.1 Å². The van der Waals surface area contributed by atoms with Crippen molar-refractivity contribution in [2.45, 2.75) is 32.5 Å². The molecule has 0 amide bonds. The highest BCUT2D eigenvalue weighted by atomic mass is 32.1. The molecule has 0 aliphatic carbocycles. The Morgan fingerprint density at radius 3 is 2.57 bits per heavy atom. The molecule has 10 heteroatoms. The molecule has 1 aromatic carbocycles. The molecule has 5 rings (SSSR count). The summed E-state index contributed by atoms with van der Waals surface area (Å²) >= 11 is 5.83. The zero-order valence-electron chi connectivity index (χ0n) is 20.7. The number of non-ortho nitro benzene ring substituents is 1. The molecule has 2 atom stereocenters. The van der Waals surface area contributed by atoms with Crippen LogP contribution in [0.5, 0.6) is 5.75 Å². The summed E-state index contributed by atoms with van der Waals surface area (Å²) in [6.07, 6.45) is 5.32. The summed E-state index contributed by atoms with van der Waals surface area (Å²) in [6, 6.07) is 16.2. The Morgan fingerprint density at radius 2 is 1.89 bits per heavy atom. The average molecular weight is 515 g/mol. The molecule has 0 bridgehead atoms. The largest absolute Gasteiger partial charge is 0.495 e. The number of hydrogen-bond donors (Lipinski definition) is 1. The summed E-state index contributed by atoms with van der Waals surface area (Å²) in [6.45, 7) is 4.59. The SMILES string of the molecule is COc1ccc([N+](=O)[O-])cc1-n1c(C)cc([C@H]2[C@@H](c3ccccn3)NC(=S)N2Cc2ccncc2)c1C. The number of nitro groups is 1. The van der Waals surface area contributed by atoms with Gasteiger partial charge in [0.25, 0.3) is 5.69 Å². The van der Waals surface area contributed by atoms with E-state index in [1.54, 1.807) is 37.8 Å². The lowest BCUT2D eigenvalue weighted by atomic mass is 9.96. The molecule has 0 unspecified atom stereocenters. The zero-order chi connectivity index (χ0) is 26.1. The molecule has 9 nitrogen and oxygen atoms in total. The van der Waals surface area contributed by atoms with Gasteiger partial charge in [-0.1, -0.05) is 6.07 Å². The van der Waals surface area contributed by atoms with Crippen LogP contribution in [0.4, 0.5) is 5.69 Å². The Bertz CT molecular complexity index is 1460. The van der Waals surface area contributed by atoms with E-state index in [-0.39, 0.29) is 17.8 Å². The number of ether oxygens (including phenoxy) is 1. The van der Waals surface area contributed by atoms with Crippen LogP contribution in [0.1, 0.15) is 40.3 Å². The quantitative estimate of drug-likeness (QED) is 0.210. The first-order chi connectivity index (χ1) is 17.9. The average Bonchev–Trinajstić information content (AvgIpc) is 3.39. The predicted octanol–water partition coefficient (Wildman–Crippen LogP) is 4.97. The maximum absolute atomic E-state index is 11.5. The van der Waals surface area contributed by atoms with Gasteiger partial charge in [0.2, 0.25) is 0 Å². The second kappa shape index (κ2) is 9.98. The van der Waals surface area contributed by atoms with Gasteiger partial charge in [0.1, 0.15) is 5.75 Å². The topological polar surface area (TPSA) is 98.3 Å².